The van der Waals surface area contributed by atoms with Crippen LogP contribution in [0.2, 0.25) is 0 Å². The van der Waals surface area contributed by atoms with E-state index in [0.29, 0.717) is 17.8 Å². The molecule has 27 nitrogen and oxygen atoms in total. The zero-order valence-electron chi connectivity index (χ0n) is 87.4. The van der Waals surface area contributed by atoms with E-state index in [1.54, 1.807) is 0 Å². The summed E-state index contributed by atoms with van der Waals surface area (Å²) in [4.78, 5) is 205. The van der Waals surface area contributed by atoms with E-state index in [2.05, 4.69) is 47.9 Å². The molecule has 4 fully saturated rings. The van der Waals surface area contributed by atoms with Gasteiger partial charge in [-0.3, -0.25) is 86.3 Å². The molecule has 0 heterocycles. The minimum atomic E-state index is -0.542. The van der Waals surface area contributed by atoms with E-state index < -0.39 is 5.54 Å². The van der Waals surface area contributed by atoms with Gasteiger partial charge in [0.25, 0.3) is 0 Å². The molecule has 0 saturated heterocycles. The minimum Gasteiger partial charge on any atom is -0.346 e. The molecule has 0 aromatic rings. The zero-order valence-corrected chi connectivity index (χ0v) is 87.4. The molecule has 128 heavy (non-hydrogen) atoms. The summed E-state index contributed by atoms with van der Waals surface area (Å²) < 4.78 is 0. The summed E-state index contributed by atoms with van der Waals surface area (Å²) in [6.07, 6.45) is 19.4. The summed E-state index contributed by atoms with van der Waals surface area (Å²) in [5.74, 6) is 1.52. The summed E-state index contributed by atoms with van der Waals surface area (Å²) >= 11 is 0. The number of rotatable bonds is 34. The van der Waals surface area contributed by atoms with Crippen LogP contribution in [0.15, 0.2) is 0 Å². The zero-order chi connectivity index (χ0) is 101. The second-order valence-corrected chi connectivity index (χ2v) is 41.4. The minimum absolute atomic E-state index is 0.0000463. The predicted octanol–water partition coefficient (Wildman–Crippen LogP) is 15.8. The van der Waals surface area contributed by atoms with E-state index in [4.69, 9.17) is 0 Å². The lowest BCUT2D eigenvalue weighted by Crippen LogP contribution is -2.53. The molecule has 27 heteroatoms. The Morgan fingerprint density at radius 2 is 0.469 bits per heavy atom. The van der Waals surface area contributed by atoms with Crippen molar-refractivity contribution in [3.63, 3.8) is 0 Å². The average Bonchev–Trinajstić information content (AvgIpc) is 1.66. The van der Waals surface area contributed by atoms with Gasteiger partial charge in [-0.25, -0.2) is 0 Å². The van der Waals surface area contributed by atoms with Gasteiger partial charge in [0.1, 0.15) is 0 Å². The Hall–Kier alpha value is -7.74. The van der Waals surface area contributed by atoms with Gasteiger partial charge in [-0.2, -0.15) is 0 Å². The molecule has 9 atom stereocenters. The maximum Gasteiger partial charge on any atom is 0.217 e. The normalized spacial score (nSPS) is 16.5. The topological polar surface area (TPSA) is 416 Å². The second-order valence-electron chi connectivity index (χ2n) is 41.4. The monoisotopic (exact) mass is 1810 g/mol. The summed E-state index contributed by atoms with van der Waals surface area (Å²) in [5, 5.41) is 24.8. The van der Waals surface area contributed by atoms with Crippen LogP contribution < -0.4 is 47.9 Å². The van der Waals surface area contributed by atoms with E-state index in [1.165, 1.54) is 107 Å². The average molecular weight is 1810 g/mol. The summed E-state index contributed by atoms with van der Waals surface area (Å²) in [6.45, 7) is 70.2. The molecule has 0 aromatic heterocycles. The highest BCUT2D eigenvalue weighted by Crippen LogP contribution is 2.35. The fourth-order valence-electron chi connectivity index (χ4n) is 15.4. The third kappa shape index (κ3) is 54.8. The van der Waals surface area contributed by atoms with Crippen molar-refractivity contribution < 1.29 is 86.3 Å². The van der Waals surface area contributed by atoms with Crippen molar-refractivity contribution in [2.24, 2.45) is 99.6 Å². The summed E-state index contributed by atoms with van der Waals surface area (Å²) in [7, 11) is 0. The Labute approximate surface area is 774 Å². The SMILES string of the molecule is CC(=O)NC1(C(=O)C(C)C)CCCC1.CC(=O)N[C@H](C(=O)C(C)C)C(C)(C)C.CC(=O)N[C@H](C(=O)C(C)C)C(C)(C)C.CC(=O)N[C@H](C(=O)C(C)C)C(C)C.CC(=O)N[C@H](C(=O)C(C)C)C(C)C.CC(=O)N[C@H](C(=O)C(C)C)C1CCCC1.CC(=O)N[C@H](C(=O)C(C)C)C1CCCC1.CC(=O)N[C@H](C(=O)C(C)C)C1CCCCC1.CC[C@H](C)[C@H](NC(C)=O)C(=O)C(C)C. The van der Waals surface area contributed by atoms with Gasteiger partial charge >= 0.3 is 0 Å². The summed E-state index contributed by atoms with van der Waals surface area (Å²) in [5.41, 5.74) is -1.000. The highest BCUT2D eigenvalue weighted by atomic mass is 16.2. The Balaban J connectivity index is -0.000000444. The van der Waals surface area contributed by atoms with Crippen LogP contribution in [-0.4, -0.2) is 159 Å². The maximum absolute atomic E-state index is 12.1. The van der Waals surface area contributed by atoms with Crippen LogP contribution in [0, 0.1) is 99.6 Å². The van der Waals surface area contributed by atoms with Crippen molar-refractivity contribution in [2.45, 2.75) is 439 Å². The van der Waals surface area contributed by atoms with Crippen molar-refractivity contribution in [1.29, 1.82) is 0 Å². The molecule has 4 aliphatic rings. The molecule has 9 N–H and O–H groups in total. The van der Waals surface area contributed by atoms with Crippen molar-refractivity contribution in [2.75, 3.05) is 0 Å². The Bertz CT molecular complexity index is 3300. The maximum atomic E-state index is 12.1. The number of Topliss-reactive ketones (excluding diaryl/α,β-unsaturated/α-hetero) is 9. The molecule has 0 aliphatic heterocycles. The number of nitrogens with one attached hydrogen (secondary N) is 9. The van der Waals surface area contributed by atoms with Crippen LogP contribution in [0.3, 0.4) is 0 Å². The molecule has 0 bridgehead atoms. The molecule has 0 spiro atoms. The Morgan fingerprint density at radius 1 is 0.258 bits per heavy atom. The van der Waals surface area contributed by atoms with Crippen LogP contribution in [0.25, 0.3) is 0 Å². The number of ketones is 9. The van der Waals surface area contributed by atoms with Gasteiger partial charge in [-0.05, 0) is 97.7 Å². The van der Waals surface area contributed by atoms with Gasteiger partial charge in [-0.15, -0.1) is 0 Å². The predicted molar refractivity (Wildman–Crippen MR) is 513 cm³/mol. The smallest absolute Gasteiger partial charge is 0.217 e. The van der Waals surface area contributed by atoms with Gasteiger partial charge in [0.05, 0.1) is 53.9 Å². The Morgan fingerprint density at radius 3 is 0.648 bits per heavy atom. The molecule has 9 amide bonds. The van der Waals surface area contributed by atoms with Gasteiger partial charge in [-0.1, -0.05) is 272 Å². The van der Waals surface area contributed by atoms with Crippen molar-refractivity contribution in [3.8, 4) is 0 Å². The largest absolute Gasteiger partial charge is 0.346 e. The van der Waals surface area contributed by atoms with Gasteiger partial charge in [0.15, 0.2) is 52.0 Å². The molecule has 4 rings (SSSR count). The highest BCUT2D eigenvalue weighted by Gasteiger charge is 2.43. The first kappa shape index (κ1) is 129. The van der Waals surface area contributed by atoms with Crippen LogP contribution in [0.1, 0.15) is 386 Å². The lowest BCUT2D eigenvalue weighted by molar-refractivity contribution is -0.133. The molecule has 0 unspecified atom stereocenters. The summed E-state index contributed by atoms with van der Waals surface area (Å²) in [6, 6.07) is -2.51. The van der Waals surface area contributed by atoms with Crippen molar-refractivity contribution in [3.05, 3.63) is 0 Å². The fraction of sp³-hybridized carbons (Fsp3) is 0.822. The quantitative estimate of drug-likeness (QED) is 0.0289. The molecule has 4 aliphatic carbocycles. The van der Waals surface area contributed by atoms with E-state index in [9.17, 15) is 86.3 Å². The van der Waals surface area contributed by atoms with Gasteiger partial charge in [0.2, 0.25) is 53.2 Å². The first-order valence-corrected chi connectivity index (χ1v) is 47.8. The first-order chi connectivity index (χ1) is 58.5. The van der Waals surface area contributed by atoms with E-state index >= 15 is 0 Å². The third-order valence-electron chi connectivity index (χ3n) is 22.8. The number of amides is 9. The highest BCUT2D eigenvalue weighted by molar-refractivity contribution is 5.96. The standard InChI is InChI=1S/C13H23NO2.2C12H21NO2.C11H19NO2.3C11H21NO2.2C10H19NO2/c1-9(2)13(16)12(14-10(3)15)11-7-5-4-6-8-11;2*1-8(2)12(15)11(13-9(3)14)10-6-4-5-7-10;1-8(2)10(14)11(12-9(3)13)6-4-5-7-11;2*1-7(2)9(14)10(11(4,5)6)12-8(3)13;1-6-8(4)10(12-9(5)13)11(14)7(2)3;2*1-6(2)9(11-8(5)12)10(13)7(3)4/h9,11-12H,4-8H2,1-3H3,(H,14,15);2*8,10-11H,4-7H2,1-3H3,(H,13,14);8H,4-7H2,1-3H3,(H,12,13);2*7,10H,1-6H3,(H,12,13);7-8,10H,6H2,1-5H3,(H,12,13);2*6-7,9H,1-5H3,(H,11,12)/t12-;2*11-;;2*10-;8-,10-;2*9-/m000.11000/s1. The van der Waals surface area contributed by atoms with E-state index in [1.807, 2.05) is 208 Å². The van der Waals surface area contributed by atoms with E-state index in [0.717, 1.165) is 70.6 Å². The number of hydrogen-bond acceptors (Lipinski definition) is 18. The van der Waals surface area contributed by atoms with Crippen molar-refractivity contribution >= 4 is 105 Å². The van der Waals surface area contributed by atoms with Gasteiger partial charge < -0.3 is 47.9 Å². The van der Waals surface area contributed by atoms with Crippen LogP contribution >= 0.6 is 0 Å². The Kier molecular flexibility index (Phi) is 65.3. The van der Waals surface area contributed by atoms with Crippen LogP contribution in [0.5, 0.6) is 0 Å². The lowest BCUT2D eigenvalue weighted by Gasteiger charge is -2.31. The fourth-order valence-corrected chi connectivity index (χ4v) is 15.4. The van der Waals surface area contributed by atoms with E-state index in [-0.39, 0.29) is 235 Å². The number of carbonyl (C=O) groups is 18. The molecule has 742 valence electrons. The van der Waals surface area contributed by atoms with Crippen LogP contribution in [0.4, 0.5) is 0 Å². The molecular formula is C101H185N9O18. The third-order valence-corrected chi connectivity index (χ3v) is 22.8. The van der Waals surface area contributed by atoms with Crippen LogP contribution in [-0.2, 0) is 86.3 Å². The lowest BCUT2D eigenvalue weighted by atomic mass is 9.80. The molecular weight excluding hydrogens is 1630 g/mol. The molecule has 0 aromatic carbocycles. The van der Waals surface area contributed by atoms with Crippen molar-refractivity contribution in [1.82, 2.24) is 47.9 Å². The number of carbonyl (C=O) groups excluding carboxylic acids is 18. The molecule has 4 saturated carbocycles. The first-order valence-electron chi connectivity index (χ1n) is 47.8. The van der Waals surface area contributed by atoms with Gasteiger partial charge in [0, 0.05) is 116 Å². The number of hydrogen-bond donors (Lipinski definition) is 9. The molecule has 0 radical (unpaired) electrons. The second kappa shape index (κ2) is 64.9.